The van der Waals surface area contributed by atoms with Crippen molar-refractivity contribution < 1.29 is 4.79 Å². The summed E-state index contributed by atoms with van der Waals surface area (Å²) in [6.45, 7) is 7.39. The first-order valence-electron chi connectivity index (χ1n) is 8.29. The molecular formula is C16H27N3OS. The summed E-state index contributed by atoms with van der Waals surface area (Å²) in [5, 5.41) is 0. The Morgan fingerprint density at radius 2 is 1.95 bits per heavy atom. The molecule has 0 aromatic carbocycles. The summed E-state index contributed by atoms with van der Waals surface area (Å²) in [5.74, 6) is 0.757. The number of hydrogen-bond acceptors (Lipinski definition) is 3. The van der Waals surface area contributed by atoms with Gasteiger partial charge in [-0.2, -0.15) is 0 Å². The third-order valence-electron chi connectivity index (χ3n) is 5.72. The van der Waals surface area contributed by atoms with Crippen molar-refractivity contribution in [3.8, 4) is 0 Å². The van der Waals surface area contributed by atoms with Gasteiger partial charge in [0.1, 0.15) is 0 Å². The fraction of sp³-hybridized carbons (Fsp3) is 0.875. The number of fused-ring (bicyclic) bond motifs is 1. The minimum Gasteiger partial charge on any atom is -0.392 e. The van der Waals surface area contributed by atoms with Gasteiger partial charge in [-0.25, -0.2) is 0 Å². The van der Waals surface area contributed by atoms with Crippen molar-refractivity contribution in [1.29, 1.82) is 0 Å². The summed E-state index contributed by atoms with van der Waals surface area (Å²) >= 11 is 5.25. The summed E-state index contributed by atoms with van der Waals surface area (Å²) in [4.78, 5) is 18.2. The molecule has 3 aliphatic rings. The second kappa shape index (κ2) is 5.51. The van der Waals surface area contributed by atoms with Crippen LogP contribution in [0.4, 0.5) is 0 Å². The van der Waals surface area contributed by atoms with Crippen molar-refractivity contribution >= 4 is 23.1 Å². The molecular weight excluding hydrogens is 282 g/mol. The van der Waals surface area contributed by atoms with Crippen LogP contribution < -0.4 is 5.73 Å². The largest absolute Gasteiger partial charge is 0.392 e. The number of carbonyl (C=O) groups excluding carboxylic acids is 1. The zero-order chi connectivity index (χ0) is 15.2. The average molecular weight is 309 g/mol. The molecule has 2 heterocycles. The molecule has 0 bridgehead atoms. The molecule has 2 unspecified atom stereocenters. The van der Waals surface area contributed by atoms with Gasteiger partial charge in [-0.05, 0) is 45.1 Å². The number of thiocarbonyl (C=S) groups is 1. The SMILES string of the molecule is CC1CC(C(=O)N2CC3CCCCN3CC2C)(C(N)=S)C1. The molecule has 0 aromatic heterocycles. The molecule has 1 amide bonds. The topological polar surface area (TPSA) is 49.6 Å². The average Bonchev–Trinajstić information content (AvgIpc) is 2.41. The van der Waals surface area contributed by atoms with Gasteiger partial charge in [0.25, 0.3) is 0 Å². The summed E-state index contributed by atoms with van der Waals surface area (Å²) in [7, 11) is 0. The molecule has 3 fully saturated rings. The number of amides is 1. The fourth-order valence-electron chi connectivity index (χ4n) is 4.52. The van der Waals surface area contributed by atoms with Crippen molar-refractivity contribution in [3.63, 3.8) is 0 Å². The highest BCUT2D eigenvalue weighted by Crippen LogP contribution is 2.47. The molecule has 1 saturated carbocycles. The Hall–Kier alpha value is -0.680. The summed E-state index contributed by atoms with van der Waals surface area (Å²) in [5.41, 5.74) is 5.41. The van der Waals surface area contributed by atoms with Crippen LogP contribution in [0.1, 0.15) is 46.0 Å². The van der Waals surface area contributed by atoms with Crippen molar-refractivity contribution in [2.75, 3.05) is 19.6 Å². The number of piperazine rings is 1. The molecule has 118 valence electrons. The molecule has 2 saturated heterocycles. The first-order chi connectivity index (χ1) is 9.94. The summed E-state index contributed by atoms with van der Waals surface area (Å²) in [6, 6.07) is 0.814. The zero-order valence-corrected chi connectivity index (χ0v) is 14.0. The quantitative estimate of drug-likeness (QED) is 0.790. The molecule has 1 aliphatic carbocycles. The number of nitrogens with two attached hydrogens (primary N) is 1. The first kappa shape index (κ1) is 15.2. The standard InChI is InChI=1S/C16H27N3OS/c1-11-7-16(8-11,14(17)21)15(20)19-10-13-5-3-4-6-18(13)9-12(19)2/h11-13H,3-10H2,1-2H3,(H2,17,21). The first-order valence-corrected chi connectivity index (χ1v) is 8.70. The minimum atomic E-state index is -0.542. The second-order valence-corrected chi connectivity index (χ2v) is 7.85. The van der Waals surface area contributed by atoms with Crippen LogP contribution in [0.15, 0.2) is 0 Å². The van der Waals surface area contributed by atoms with Gasteiger partial charge >= 0.3 is 0 Å². The second-order valence-electron chi connectivity index (χ2n) is 7.41. The predicted octanol–water partition coefficient (Wildman–Crippen LogP) is 1.77. The van der Waals surface area contributed by atoms with Gasteiger partial charge in [-0.1, -0.05) is 25.6 Å². The van der Waals surface area contributed by atoms with Gasteiger partial charge in [-0.15, -0.1) is 0 Å². The number of nitrogens with zero attached hydrogens (tertiary/aromatic N) is 2. The lowest BCUT2D eigenvalue weighted by Crippen LogP contribution is -2.65. The Bertz CT molecular complexity index is 447. The maximum Gasteiger partial charge on any atom is 0.235 e. The number of rotatable bonds is 2. The highest BCUT2D eigenvalue weighted by atomic mass is 32.1. The summed E-state index contributed by atoms with van der Waals surface area (Å²) < 4.78 is 0. The molecule has 0 aromatic rings. The molecule has 2 atom stereocenters. The Kier molecular flexibility index (Phi) is 3.99. The Morgan fingerprint density at radius 1 is 1.24 bits per heavy atom. The normalized spacial score (nSPS) is 40.3. The molecule has 0 radical (unpaired) electrons. The van der Waals surface area contributed by atoms with Crippen molar-refractivity contribution in [2.45, 2.75) is 58.0 Å². The number of hydrogen-bond donors (Lipinski definition) is 1. The lowest BCUT2D eigenvalue weighted by atomic mass is 9.61. The molecule has 5 heteroatoms. The van der Waals surface area contributed by atoms with E-state index in [0.717, 1.165) is 25.9 Å². The van der Waals surface area contributed by atoms with E-state index in [1.807, 2.05) is 0 Å². The van der Waals surface area contributed by atoms with E-state index in [1.165, 1.54) is 25.8 Å². The minimum absolute atomic E-state index is 0.200. The van der Waals surface area contributed by atoms with Gasteiger partial charge in [0.15, 0.2) is 0 Å². The van der Waals surface area contributed by atoms with Crippen molar-refractivity contribution in [2.24, 2.45) is 17.1 Å². The highest BCUT2D eigenvalue weighted by Gasteiger charge is 2.54. The fourth-order valence-corrected chi connectivity index (χ4v) is 4.78. The van der Waals surface area contributed by atoms with E-state index in [-0.39, 0.29) is 11.9 Å². The maximum atomic E-state index is 13.1. The van der Waals surface area contributed by atoms with E-state index in [1.54, 1.807) is 0 Å². The van der Waals surface area contributed by atoms with Crippen LogP contribution in [0.25, 0.3) is 0 Å². The summed E-state index contributed by atoms with van der Waals surface area (Å²) in [6.07, 6.45) is 5.46. The van der Waals surface area contributed by atoms with E-state index >= 15 is 0 Å². The Morgan fingerprint density at radius 3 is 2.57 bits per heavy atom. The van der Waals surface area contributed by atoms with Crippen LogP contribution in [0.5, 0.6) is 0 Å². The third kappa shape index (κ3) is 2.48. The molecule has 2 N–H and O–H groups in total. The van der Waals surface area contributed by atoms with E-state index in [2.05, 4.69) is 23.6 Å². The van der Waals surface area contributed by atoms with Crippen LogP contribution >= 0.6 is 12.2 Å². The monoisotopic (exact) mass is 309 g/mol. The molecule has 4 nitrogen and oxygen atoms in total. The predicted molar refractivity (Wildman–Crippen MR) is 88.0 cm³/mol. The van der Waals surface area contributed by atoms with Gasteiger partial charge in [-0.3, -0.25) is 9.69 Å². The van der Waals surface area contributed by atoms with Gasteiger partial charge in [0.05, 0.1) is 10.4 Å². The van der Waals surface area contributed by atoms with Gasteiger partial charge < -0.3 is 10.6 Å². The lowest BCUT2D eigenvalue weighted by Gasteiger charge is -2.52. The highest BCUT2D eigenvalue weighted by molar-refractivity contribution is 7.80. The van der Waals surface area contributed by atoms with Crippen LogP contribution in [0.3, 0.4) is 0 Å². The van der Waals surface area contributed by atoms with Crippen LogP contribution in [-0.2, 0) is 4.79 Å². The van der Waals surface area contributed by atoms with Crippen LogP contribution in [0.2, 0.25) is 0 Å². The van der Waals surface area contributed by atoms with E-state index in [0.29, 0.717) is 16.9 Å². The number of piperidine rings is 1. The maximum absolute atomic E-state index is 13.1. The van der Waals surface area contributed by atoms with Gasteiger partial charge in [0.2, 0.25) is 5.91 Å². The van der Waals surface area contributed by atoms with E-state index < -0.39 is 5.41 Å². The lowest BCUT2D eigenvalue weighted by molar-refractivity contribution is -0.151. The van der Waals surface area contributed by atoms with Crippen LogP contribution in [0, 0.1) is 11.3 Å². The van der Waals surface area contributed by atoms with Crippen molar-refractivity contribution in [1.82, 2.24) is 9.80 Å². The molecule has 3 rings (SSSR count). The molecule has 2 aliphatic heterocycles. The van der Waals surface area contributed by atoms with E-state index in [4.69, 9.17) is 18.0 Å². The Balaban J connectivity index is 1.76. The number of carbonyl (C=O) groups is 1. The smallest absolute Gasteiger partial charge is 0.235 e. The van der Waals surface area contributed by atoms with Crippen molar-refractivity contribution in [3.05, 3.63) is 0 Å². The third-order valence-corrected chi connectivity index (χ3v) is 6.11. The zero-order valence-electron chi connectivity index (χ0n) is 13.2. The molecule has 21 heavy (non-hydrogen) atoms. The van der Waals surface area contributed by atoms with Gasteiger partial charge in [0, 0.05) is 25.2 Å². The van der Waals surface area contributed by atoms with Crippen LogP contribution in [-0.4, -0.2) is 52.4 Å². The Labute approximate surface area is 133 Å². The molecule has 0 spiro atoms. The van der Waals surface area contributed by atoms with E-state index in [9.17, 15) is 4.79 Å².